The first-order chi connectivity index (χ1) is 11.7. The van der Waals surface area contributed by atoms with Crippen LogP contribution < -0.4 is 0 Å². The summed E-state index contributed by atoms with van der Waals surface area (Å²) in [7, 11) is 2.02. The van der Waals surface area contributed by atoms with Gasteiger partial charge in [-0.15, -0.1) is 5.10 Å². The summed E-state index contributed by atoms with van der Waals surface area (Å²) in [6.45, 7) is 5.02. The van der Waals surface area contributed by atoms with Crippen molar-refractivity contribution < 1.29 is 4.79 Å². The number of carbonyl (C=O) groups is 1. The lowest BCUT2D eigenvalue weighted by molar-refractivity contribution is -0.128. The molecule has 2 aromatic heterocycles. The zero-order chi connectivity index (χ0) is 16.5. The number of aromatic nitrogens is 5. The van der Waals surface area contributed by atoms with Crippen LogP contribution in [0.3, 0.4) is 0 Å². The summed E-state index contributed by atoms with van der Waals surface area (Å²) >= 11 is 0. The molecule has 0 radical (unpaired) electrons. The summed E-state index contributed by atoms with van der Waals surface area (Å²) in [5.41, 5.74) is 3.30. The van der Waals surface area contributed by atoms with Gasteiger partial charge in [-0.2, -0.15) is 0 Å². The highest BCUT2D eigenvalue weighted by Gasteiger charge is 2.25. The highest BCUT2D eigenvalue weighted by Crippen LogP contribution is 2.20. The molecule has 0 spiro atoms. The molecular formula is C16H23N7O. The molecule has 4 rings (SSSR count). The molecule has 0 saturated carbocycles. The van der Waals surface area contributed by atoms with Crippen molar-refractivity contribution in [1.82, 2.24) is 34.3 Å². The van der Waals surface area contributed by atoms with E-state index in [9.17, 15) is 4.79 Å². The summed E-state index contributed by atoms with van der Waals surface area (Å²) in [5.74, 6) is 0.233. The molecule has 1 amide bonds. The van der Waals surface area contributed by atoms with Crippen molar-refractivity contribution in [2.45, 2.75) is 45.4 Å². The van der Waals surface area contributed by atoms with E-state index in [1.807, 2.05) is 29.2 Å². The third-order valence-electron chi connectivity index (χ3n) is 4.95. The third-order valence-corrected chi connectivity index (χ3v) is 4.95. The first-order valence-electron chi connectivity index (χ1n) is 8.57. The number of aryl methyl sites for hydroxylation is 2. The maximum Gasteiger partial charge on any atom is 0.222 e. The topological polar surface area (TPSA) is 72.1 Å². The second kappa shape index (κ2) is 6.35. The van der Waals surface area contributed by atoms with Crippen LogP contribution in [0.15, 0.2) is 12.5 Å². The minimum atomic E-state index is 0.233. The number of nitrogens with zero attached hydrogens (tertiary/aromatic N) is 7. The molecule has 8 heteroatoms. The Balaban J connectivity index is 1.52. The molecule has 1 fully saturated rings. The molecule has 0 N–H and O–H groups in total. The molecule has 4 heterocycles. The normalized spacial score (nSPS) is 18.9. The minimum Gasteiger partial charge on any atom is -0.337 e. The van der Waals surface area contributed by atoms with Crippen LogP contribution in [-0.4, -0.2) is 53.3 Å². The average molecular weight is 329 g/mol. The van der Waals surface area contributed by atoms with E-state index in [0.717, 1.165) is 57.0 Å². The van der Waals surface area contributed by atoms with E-state index in [2.05, 4.69) is 24.8 Å². The summed E-state index contributed by atoms with van der Waals surface area (Å²) < 4.78 is 4.07. The highest BCUT2D eigenvalue weighted by atomic mass is 16.2. The van der Waals surface area contributed by atoms with Crippen molar-refractivity contribution >= 4 is 5.91 Å². The highest BCUT2D eigenvalue weighted by molar-refractivity contribution is 5.78. The van der Waals surface area contributed by atoms with Gasteiger partial charge in [-0.25, -0.2) is 9.67 Å². The van der Waals surface area contributed by atoms with E-state index in [0.29, 0.717) is 13.0 Å². The molecular weight excluding hydrogens is 306 g/mol. The van der Waals surface area contributed by atoms with Gasteiger partial charge in [-0.3, -0.25) is 9.69 Å². The summed E-state index contributed by atoms with van der Waals surface area (Å²) in [5, 5.41) is 8.68. The average Bonchev–Trinajstić information content (AvgIpc) is 3.21. The van der Waals surface area contributed by atoms with Crippen LogP contribution in [0.4, 0.5) is 0 Å². The SMILES string of the molecule is Cn1cncc1CN1CCCn2nnc(CN3CCCC3=O)c2C1. The lowest BCUT2D eigenvalue weighted by atomic mass is 10.2. The number of fused-ring (bicyclic) bond motifs is 1. The van der Waals surface area contributed by atoms with Gasteiger partial charge >= 0.3 is 0 Å². The Morgan fingerprint density at radius 1 is 1.17 bits per heavy atom. The van der Waals surface area contributed by atoms with Gasteiger partial charge < -0.3 is 9.47 Å². The number of imidazole rings is 1. The molecule has 0 atom stereocenters. The number of amides is 1. The molecule has 0 bridgehead atoms. The smallest absolute Gasteiger partial charge is 0.222 e. The Morgan fingerprint density at radius 2 is 2.08 bits per heavy atom. The largest absolute Gasteiger partial charge is 0.337 e. The minimum absolute atomic E-state index is 0.233. The molecule has 0 aliphatic carbocycles. The second-order valence-corrected chi connectivity index (χ2v) is 6.68. The van der Waals surface area contributed by atoms with Gasteiger partial charge in [0.2, 0.25) is 5.91 Å². The first kappa shape index (κ1) is 15.3. The van der Waals surface area contributed by atoms with Gasteiger partial charge in [0, 0.05) is 52.4 Å². The molecule has 0 aromatic carbocycles. The van der Waals surface area contributed by atoms with E-state index in [-0.39, 0.29) is 5.91 Å². The van der Waals surface area contributed by atoms with Gasteiger partial charge in [-0.05, 0) is 12.8 Å². The zero-order valence-corrected chi connectivity index (χ0v) is 14.1. The van der Waals surface area contributed by atoms with Crippen LogP contribution in [0.5, 0.6) is 0 Å². The van der Waals surface area contributed by atoms with Crippen molar-refractivity contribution in [3.63, 3.8) is 0 Å². The third kappa shape index (κ3) is 2.93. The molecule has 2 aliphatic heterocycles. The monoisotopic (exact) mass is 329 g/mol. The zero-order valence-electron chi connectivity index (χ0n) is 14.1. The number of likely N-dealkylation sites (tertiary alicyclic amines) is 1. The quantitative estimate of drug-likeness (QED) is 0.819. The number of carbonyl (C=O) groups excluding carboxylic acids is 1. The van der Waals surface area contributed by atoms with Crippen LogP contribution in [0.2, 0.25) is 0 Å². The first-order valence-corrected chi connectivity index (χ1v) is 8.57. The van der Waals surface area contributed by atoms with Crippen molar-refractivity contribution in [2.24, 2.45) is 7.05 Å². The lowest BCUT2D eigenvalue weighted by Crippen LogP contribution is -2.27. The van der Waals surface area contributed by atoms with Crippen molar-refractivity contribution in [1.29, 1.82) is 0 Å². The molecule has 24 heavy (non-hydrogen) atoms. The maximum absolute atomic E-state index is 11.9. The summed E-state index contributed by atoms with van der Waals surface area (Å²) in [4.78, 5) is 20.4. The molecule has 128 valence electrons. The van der Waals surface area contributed by atoms with Crippen LogP contribution in [0.1, 0.15) is 36.3 Å². The maximum atomic E-state index is 11.9. The van der Waals surface area contributed by atoms with Gasteiger partial charge in [0.15, 0.2) is 0 Å². The fraction of sp³-hybridized carbons (Fsp3) is 0.625. The van der Waals surface area contributed by atoms with E-state index in [1.54, 1.807) is 0 Å². The molecule has 0 unspecified atom stereocenters. The van der Waals surface area contributed by atoms with Gasteiger partial charge in [0.25, 0.3) is 0 Å². The van der Waals surface area contributed by atoms with Crippen LogP contribution in [0.25, 0.3) is 0 Å². The van der Waals surface area contributed by atoms with E-state index < -0.39 is 0 Å². The standard InChI is InChI=1S/C16H23N7O/c1-20-12-17-8-13(20)9-21-5-3-7-23-15(11-21)14(18-19-23)10-22-6-2-4-16(22)24/h8,12H,2-7,9-11H2,1H3. The molecule has 2 aromatic rings. The van der Waals surface area contributed by atoms with Crippen molar-refractivity contribution in [3.05, 3.63) is 29.6 Å². The Morgan fingerprint density at radius 3 is 2.83 bits per heavy atom. The summed E-state index contributed by atoms with van der Waals surface area (Å²) in [6, 6.07) is 0. The lowest BCUT2D eigenvalue weighted by Gasteiger charge is -2.20. The van der Waals surface area contributed by atoms with Gasteiger partial charge in [0.1, 0.15) is 5.69 Å². The van der Waals surface area contributed by atoms with Crippen LogP contribution in [-0.2, 0) is 38.0 Å². The summed E-state index contributed by atoms with van der Waals surface area (Å²) in [6.07, 6.45) is 6.43. The fourth-order valence-corrected chi connectivity index (χ4v) is 3.53. The predicted molar refractivity (Wildman–Crippen MR) is 86.6 cm³/mol. The van der Waals surface area contributed by atoms with E-state index in [4.69, 9.17) is 0 Å². The van der Waals surface area contributed by atoms with E-state index in [1.165, 1.54) is 5.69 Å². The second-order valence-electron chi connectivity index (χ2n) is 6.68. The Bertz CT molecular complexity index is 735. The fourth-order valence-electron chi connectivity index (χ4n) is 3.53. The predicted octanol–water partition coefficient (Wildman–Crippen LogP) is 0.540. The Kier molecular flexibility index (Phi) is 4.05. The van der Waals surface area contributed by atoms with Gasteiger partial charge in [-0.1, -0.05) is 5.21 Å². The number of hydrogen-bond acceptors (Lipinski definition) is 5. The van der Waals surface area contributed by atoms with Gasteiger partial charge in [0.05, 0.1) is 24.3 Å². The molecule has 1 saturated heterocycles. The Hall–Kier alpha value is -2.22. The van der Waals surface area contributed by atoms with E-state index >= 15 is 0 Å². The molecule has 8 nitrogen and oxygen atoms in total. The van der Waals surface area contributed by atoms with Crippen molar-refractivity contribution in [2.75, 3.05) is 13.1 Å². The van der Waals surface area contributed by atoms with Crippen molar-refractivity contribution in [3.8, 4) is 0 Å². The Labute approximate surface area is 141 Å². The number of hydrogen-bond donors (Lipinski definition) is 0. The van der Waals surface area contributed by atoms with Crippen LogP contribution in [0, 0.1) is 0 Å². The molecule has 2 aliphatic rings. The van der Waals surface area contributed by atoms with Crippen LogP contribution >= 0.6 is 0 Å². The number of rotatable bonds is 4.